The van der Waals surface area contributed by atoms with Crippen molar-refractivity contribution in [1.82, 2.24) is 9.80 Å². The predicted octanol–water partition coefficient (Wildman–Crippen LogP) is 4.20. The molecule has 0 bridgehead atoms. The van der Waals surface area contributed by atoms with Gasteiger partial charge in [0, 0.05) is 32.1 Å². The van der Waals surface area contributed by atoms with E-state index in [-0.39, 0.29) is 6.09 Å². The minimum Gasteiger partial charge on any atom is -0.444 e. The van der Waals surface area contributed by atoms with Crippen LogP contribution >= 0.6 is 0 Å². The van der Waals surface area contributed by atoms with E-state index in [0.717, 1.165) is 25.3 Å². The van der Waals surface area contributed by atoms with Crippen molar-refractivity contribution in [3.8, 4) is 0 Å². The van der Waals surface area contributed by atoms with E-state index in [9.17, 15) is 9.59 Å². The van der Waals surface area contributed by atoms with Crippen molar-refractivity contribution in [2.24, 2.45) is 11.8 Å². The number of piperidine rings is 2. The third-order valence-corrected chi connectivity index (χ3v) is 6.29. The molecule has 5 heteroatoms. The topological polar surface area (TPSA) is 49.9 Å². The van der Waals surface area contributed by atoms with Crippen molar-refractivity contribution in [2.45, 2.75) is 90.2 Å². The van der Waals surface area contributed by atoms with Gasteiger partial charge < -0.3 is 14.5 Å². The second-order valence-corrected chi connectivity index (χ2v) is 9.46. The molecule has 0 spiro atoms. The van der Waals surface area contributed by atoms with Crippen LogP contribution < -0.4 is 0 Å². The number of hydrogen-bond donors (Lipinski definition) is 0. The molecular weight excluding hydrogens is 328 g/mol. The number of carbonyl (C=O) groups is 2. The van der Waals surface area contributed by atoms with Crippen LogP contribution in [0.25, 0.3) is 0 Å². The molecule has 3 fully saturated rings. The molecule has 3 rings (SSSR count). The van der Waals surface area contributed by atoms with Crippen molar-refractivity contribution in [3.05, 3.63) is 0 Å². The Balaban J connectivity index is 1.46. The predicted molar refractivity (Wildman–Crippen MR) is 102 cm³/mol. The number of nitrogens with zero attached hydrogens (tertiary/aromatic N) is 2. The molecule has 1 saturated carbocycles. The molecule has 0 aromatic heterocycles. The molecule has 2 heterocycles. The van der Waals surface area contributed by atoms with Gasteiger partial charge in [0.15, 0.2) is 0 Å². The molecular formula is C21H36N2O3. The van der Waals surface area contributed by atoms with Gasteiger partial charge in [0.2, 0.25) is 5.91 Å². The van der Waals surface area contributed by atoms with Gasteiger partial charge in [0.05, 0.1) is 0 Å². The smallest absolute Gasteiger partial charge is 0.410 e. The molecule has 26 heavy (non-hydrogen) atoms. The summed E-state index contributed by atoms with van der Waals surface area (Å²) in [6.45, 7) is 8.06. The Bertz CT molecular complexity index is 504. The van der Waals surface area contributed by atoms with Gasteiger partial charge in [-0.25, -0.2) is 4.79 Å². The Morgan fingerprint density at radius 3 is 2.27 bits per heavy atom. The number of rotatable bonds is 2. The normalized spacial score (nSPS) is 27.8. The highest BCUT2D eigenvalue weighted by atomic mass is 16.6. The second-order valence-electron chi connectivity index (χ2n) is 9.46. The van der Waals surface area contributed by atoms with E-state index in [4.69, 9.17) is 4.74 Å². The molecule has 2 atom stereocenters. The van der Waals surface area contributed by atoms with E-state index in [1.807, 2.05) is 20.8 Å². The monoisotopic (exact) mass is 364 g/mol. The Morgan fingerprint density at radius 2 is 1.58 bits per heavy atom. The molecule has 3 aliphatic rings. The van der Waals surface area contributed by atoms with Crippen LogP contribution in [-0.2, 0) is 9.53 Å². The first-order valence-electron chi connectivity index (χ1n) is 10.6. The SMILES string of the molecule is CC(C)(C)OC(=O)N1CCC(CC(=O)N2CCCC3CCCCC32)CC1. The molecule has 0 radical (unpaired) electrons. The van der Waals surface area contributed by atoms with E-state index in [1.165, 1.54) is 38.5 Å². The maximum atomic E-state index is 12.9. The second kappa shape index (κ2) is 8.18. The third kappa shape index (κ3) is 4.92. The van der Waals surface area contributed by atoms with Gasteiger partial charge in [-0.05, 0) is 71.1 Å². The summed E-state index contributed by atoms with van der Waals surface area (Å²) >= 11 is 0. The molecule has 2 aliphatic heterocycles. The quantitative estimate of drug-likeness (QED) is 0.738. The van der Waals surface area contributed by atoms with Crippen LogP contribution in [0.2, 0.25) is 0 Å². The van der Waals surface area contributed by atoms with Crippen molar-refractivity contribution in [1.29, 1.82) is 0 Å². The van der Waals surface area contributed by atoms with E-state index in [1.54, 1.807) is 4.90 Å². The van der Waals surface area contributed by atoms with Crippen LogP contribution in [0.15, 0.2) is 0 Å². The fourth-order valence-electron chi connectivity index (χ4n) is 4.94. The van der Waals surface area contributed by atoms with Crippen LogP contribution in [0.5, 0.6) is 0 Å². The number of amides is 2. The molecule has 148 valence electrons. The summed E-state index contributed by atoms with van der Waals surface area (Å²) in [6.07, 6.45) is 9.86. The zero-order valence-electron chi connectivity index (χ0n) is 16.8. The Morgan fingerprint density at radius 1 is 0.923 bits per heavy atom. The first-order valence-corrected chi connectivity index (χ1v) is 10.6. The fraction of sp³-hybridized carbons (Fsp3) is 0.905. The van der Waals surface area contributed by atoms with Crippen LogP contribution in [0.3, 0.4) is 0 Å². The maximum absolute atomic E-state index is 12.9. The van der Waals surface area contributed by atoms with E-state index in [2.05, 4.69) is 4.90 Å². The van der Waals surface area contributed by atoms with Gasteiger partial charge in [-0.2, -0.15) is 0 Å². The number of hydrogen-bond acceptors (Lipinski definition) is 3. The number of ether oxygens (including phenoxy) is 1. The average molecular weight is 365 g/mol. The lowest BCUT2D eigenvalue weighted by molar-refractivity contribution is -0.138. The minimum absolute atomic E-state index is 0.219. The van der Waals surface area contributed by atoms with Crippen LogP contribution in [0, 0.1) is 11.8 Å². The van der Waals surface area contributed by atoms with Crippen LogP contribution in [0.1, 0.15) is 78.6 Å². The van der Waals surface area contributed by atoms with Crippen molar-refractivity contribution < 1.29 is 14.3 Å². The van der Waals surface area contributed by atoms with E-state index >= 15 is 0 Å². The molecule has 0 aromatic carbocycles. The van der Waals surface area contributed by atoms with Gasteiger partial charge in [0.25, 0.3) is 0 Å². The molecule has 0 N–H and O–H groups in total. The van der Waals surface area contributed by atoms with Crippen molar-refractivity contribution >= 4 is 12.0 Å². The first kappa shape index (κ1) is 19.5. The Hall–Kier alpha value is -1.26. The molecule has 0 aromatic rings. The van der Waals surface area contributed by atoms with Crippen molar-refractivity contribution in [3.63, 3.8) is 0 Å². The standard InChI is InChI=1S/C21H36N2O3/c1-21(2,3)26-20(25)22-13-10-16(11-14-22)15-19(24)23-12-6-8-17-7-4-5-9-18(17)23/h16-18H,4-15H2,1-3H3. The summed E-state index contributed by atoms with van der Waals surface area (Å²) in [7, 11) is 0. The fourth-order valence-corrected chi connectivity index (χ4v) is 4.94. The number of likely N-dealkylation sites (tertiary alicyclic amines) is 2. The Kier molecular flexibility index (Phi) is 6.13. The maximum Gasteiger partial charge on any atom is 0.410 e. The highest BCUT2D eigenvalue weighted by Gasteiger charge is 2.36. The lowest BCUT2D eigenvalue weighted by Crippen LogP contribution is -2.50. The lowest BCUT2D eigenvalue weighted by Gasteiger charge is -2.44. The van der Waals surface area contributed by atoms with Gasteiger partial charge in [0.1, 0.15) is 5.60 Å². The zero-order valence-corrected chi connectivity index (χ0v) is 16.8. The van der Waals surface area contributed by atoms with Crippen molar-refractivity contribution in [2.75, 3.05) is 19.6 Å². The van der Waals surface area contributed by atoms with Crippen LogP contribution in [0.4, 0.5) is 4.79 Å². The van der Waals surface area contributed by atoms with Gasteiger partial charge in [-0.1, -0.05) is 12.8 Å². The summed E-state index contributed by atoms with van der Waals surface area (Å²) in [5, 5.41) is 0. The molecule has 2 unspecified atom stereocenters. The summed E-state index contributed by atoms with van der Waals surface area (Å²) < 4.78 is 5.46. The molecule has 1 aliphatic carbocycles. The lowest BCUT2D eigenvalue weighted by atomic mass is 9.78. The summed E-state index contributed by atoms with van der Waals surface area (Å²) in [5.74, 6) is 1.51. The third-order valence-electron chi connectivity index (χ3n) is 6.29. The molecule has 5 nitrogen and oxygen atoms in total. The highest BCUT2D eigenvalue weighted by molar-refractivity contribution is 5.77. The van der Waals surface area contributed by atoms with E-state index < -0.39 is 5.60 Å². The number of fused-ring (bicyclic) bond motifs is 1. The number of carbonyl (C=O) groups excluding carboxylic acids is 2. The molecule has 2 saturated heterocycles. The van der Waals surface area contributed by atoms with E-state index in [0.29, 0.717) is 37.4 Å². The Labute approximate surface area is 158 Å². The summed E-state index contributed by atoms with van der Waals surface area (Å²) in [4.78, 5) is 29.1. The van der Waals surface area contributed by atoms with Gasteiger partial charge in [-0.15, -0.1) is 0 Å². The van der Waals surface area contributed by atoms with Crippen LogP contribution in [-0.4, -0.2) is 53.1 Å². The van der Waals surface area contributed by atoms with Gasteiger partial charge in [-0.3, -0.25) is 4.79 Å². The summed E-state index contributed by atoms with van der Waals surface area (Å²) in [5.41, 5.74) is -0.450. The first-order chi connectivity index (χ1) is 12.3. The molecule has 2 amide bonds. The van der Waals surface area contributed by atoms with Gasteiger partial charge >= 0.3 is 6.09 Å². The average Bonchev–Trinajstić information content (AvgIpc) is 2.60. The highest BCUT2D eigenvalue weighted by Crippen LogP contribution is 2.36. The summed E-state index contributed by atoms with van der Waals surface area (Å²) in [6, 6.07) is 0.506. The largest absolute Gasteiger partial charge is 0.444 e. The minimum atomic E-state index is -0.450. The zero-order chi connectivity index (χ0) is 18.7.